The highest BCUT2D eigenvalue weighted by atomic mass is 16.3. The number of fused-ring (bicyclic) bond motifs is 1. The highest BCUT2D eigenvalue weighted by Crippen LogP contribution is 2.31. The Balaban J connectivity index is 1.81. The first kappa shape index (κ1) is 17.7. The van der Waals surface area contributed by atoms with Gasteiger partial charge in [0.2, 0.25) is 5.91 Å². The molecule has 2 aromatic heterocycles. The van der Waals surface area contributed by atoms with Gasteiger partial charge in [-0.25, -0.2) is 0 Å². The average Bonchev–Trinajstić information content (AvgIpc) is 3.02. The van der Waals surface area contributed by atoms with Crippen molar-refractivity contribution < 1.29 is 9.21 Å². The third-order valence-electron chi connectivity index (χ3n) is 4.76. The van der Waals surface area contributed by atoms with Crippen LogP contribution in [0, 0.1) is 6.92 Å². The number of nitrogens with zero attached hydrogens (tertiary/aromatic N) is 3. The number of aryl methyl sites for hydroxylation is 2. The van der Waals surface area contributed by atoms with Crippen molar-refractivity contribution in [2.45, 2.75) is 38.6 Å². The largest absolute Gasteiger partial charge is 0.464 e. The summed E-state index contributed by atoms with van der Waals surface area (Å²) in [5, 5.41) is 0. The van der Waals surface area contributed by atoms with Crippen LogP contribution in [0.2, 0.25) is 0 Å². The number of rotatable bonds is 6. The van der Waals surface area contributed by atoms with E-state index in [4.69, 9.17) is 4.42 Å². The van der Waals surface area contributed by atoms with E-state index >= 15 is 0 Å². The molecular formula is C20H27N3O2. The number of likely N-dealkylation sites (N-methyl/N-ethyl adjacent to an activating group) is 1. The van der Waals surface area contributed by atoms with Crippen molar-refractivity contribution in [2.24, 2.45) is 0 Å². The summed E-state index contributed by atoms with van der Waals surface area (Å²) in [6, 6.07) is 7.96. The van der Waals surface area contributed by atoms with Crippen LogP contribution in [0.3, 0.4) is 0 Å². The lowest BCUT2D eigenvalue weighted by molar-refractivity contribution is -0.134. The standard InChI is InChI=1S/C20H27N3O2/c1-15-9-10-17(25-15)14-23(13-12-22(2)3)20(24)18-8-4-6-16-7-5-11-21-19(16)18/h5,7,9-11,18H,4,6,8,12-14H2,1-3H3/t18-/m0/s1. The van der Waals surface area contributed by atoms with Gasteiger partial charge in [-0.05, 0) is 64.0 Å². The Morgan fingerprint density at radius 2 is 2.12 bits per heavy atom. The van der Waals surface area contributed by atoms with E-state index in [1.807, 2.05) is 44.1 Å². The molecular weight excluding hydrogens is 314 g/mol. The molecule has 134 valence electrons. The minimum absolute atomic E-state index is 0.136. The molecule has 1 aliphatic carbocycles. The number of pyridine rings is 1. The molecule has 1 amide bonds. The van der Waals surface area contributed by atoms with E-state index in [0.717, 1.165) is 43.0 Å². The van der Waals surface area contributed by atoms with Gasteiger partial charge in [0.1, 0.15) is 11.5 Å². The predicted octanol–water partition coefficient (Wildman–Crippen LogP) is 2.99. The summed E-state index contributed by atoms with van der Waals surface area (Å²) >= 11 is 0. The molecule has 0 aromatic carbocycles. The van der Waals surface area contributed by atoms with Gasteiger partial charge < -0.3 is 14.2 Å². The van der Waals surface area contributed by atoms with Crippen LogP contribution in [0.25, 0.3) is 0 Å². The van der Waals surface area contributed by atoms with Crippen LogP contribution >= 0.6 is 0 Å². The van der Waals surface area contributed by atoms with Crippen LogP contribution in [0.4, 0.5) is 0 Å². The quantitative estimate of drug-likeness (QED) is 0.810. The Hall–Kier alpha value is -2.14. The fourth-order valence-electron chi connectivity index (χ4n) is 3.42. The molecule has 5 nitrogen and oxygen atoms in total. The van der Waals surface area contributed by atoms with Crippen molar-refractivity contribution in [3.8, 4) is 0 Å². The number of aromatic nitrogens is 1. The van der Waals surface area contributed by atoms with Gasteiger partial charge in [0.15, 0.2) is 0 Å². The van der Waals surface area contributed by atoms with Gasteiger partial charge in [0.25, 0.3) is 0 Å². The first-order chi connectivity index (χ1) is 12.0. The summed E-state index contributed by atoms with van der Waals surface area (Å²) in [5.41, 5.74) is 2.18. The van der Waals surface area contributed by atoms with E-state index in [1.165, 1.54) is 5.56 Å². The molecule has 0 unspecified atom stereocenters. The molecule has 0 N–H and O–H groups in total. The van der Waals surface area contributed by atoms with E-state index in [1.54, 1.807) is 6.20 Å². The smallest absolute Gasteiger partial charge is 0.232 e. The molecule has 2 aromatic rings. The summed E-state index contributed by atoms with van der Waals surface area (Å²) in [6.45, 7) is 3.95. The van der Waals surface area contributed by atoms with Crippen molar-refractivity contribution in [2.75, 3.05) is 27.2 Å². The monoisotopic (exact) mass is 341 g/mol. The van der Waals surface area contributed by atoms with Crippen LogP contribution in [-0.4, -0.2) is 47.9 Å². The van der Waals surface area contributed by atoms with Crippen LogP contribution in [0.1, 0.15) is 41.5 Å². The first-order valence-electron chi connectivity index (χ1n) is 8.97. The minimum Gasteiger partial charge on any atom is -0.464 e. The van der Waals surface area contributed by atoms with Crippen LogP contribution in [0.5, 0.6) is 0 Å². The second-order valence-electron chi connectivity index (χ2n) is 7.07. The Bertz CT molecular complexity index is 723. The summed E-state index contributed by atoms with van der Waals surface area (Å²) < 4.78 is 5.70. The van der Waals surface area contributed by atoms with Crippen LogP contribution in [0.15, 0.2) is 34.9 Å². The number of furan rings is 1. The maximum Gasteiger partial charge on any atom is 0.232 e. The lowest BCUT2D eigenvalue weighted by Gasteiger charge is -2.30. The normalized spacial score (nSPS) is 16.7. The predicted molar refractivity (Wildman–Crippen MR) is 97.3 cm³/mol. The van der Waals surface area contributed by atoms with Crippen molar-refractivity contribution in [1.82, 2.24) is 14.8 Å². The van der Waals surface area contributed by atoms with Crippen molar-refractivity contribution in [1.29, 1.82) is 0 Å². The number of amides is 1. The highest BCUT2D eigenvalue weighted by Gasteiger charge is 2.31. The molecule has 0 spiro atoms. The van der Waals surface area contributed by atoms with Gasteiger partial charge in [-0.1, -0.05) is 6.07 Å². The minimum atomic E-state index is -0.136. The SMILES string of the molecule is Cc1ccc(CN(CCN(C)C)C(=O)[C@H]2CCCc3cccnc32)o1. The molecule has 1 aliphatic rings. The molecule has 3 rings (SSSR count). The van der Waals surface area contributed by atoms with Gasteiger partial charge in [-0.15, -0.1) is 0 Å². The molecule has 0 fully saturated rings. The van der Waals surface area contributed by atoms with Gasteiger partial charge >= 0.3 is 0 Å². The Labute approximate surface area is 149 Å². The molecule has 1 atom stereocenters. The second-order valence-corrected chi connectivity index (χ2v) is 7.07. The Morgan fingerprint density at radius 1 is 1.28 bits per heavy atom. The van der Waals surface area contributed by atoms with Crippen molar-refractivity contribution in [3.63, 3.8) is 0 Å². The van der Waals surface area contributed by atoms with Gasteiger partial charge in [0.05, 0.1) is 18.2 Å². The van der Waals surface area contributed by atoms with Crippen molar-refractivity contribution >= 4 is 5.91 Å². The van der Waals surface area contributed by atoms with Gasteiger partial charge in [-0.2, -0.15) is 0 Å². The average molecular weight is 341 g/mol. The van der Waals surface area contributed by atoms with Crippen LogP contribution in [-0.2, 0) is 17.8 Å². The lowest BCUT2D eigenvalue weighted by Crippen LogP contribution is -2.40. The molecule has 0 bridgehead atoms. The zero-order valence-corrected chi connectivity index (χ0v) is 15.4. The Kier molecular flexibility index (Phi) is 5.53. The summed E-state index contributed by atoms with van der Waals surface area (Å²) in [5.74, 6) is 1.74. The maximum atomic E-state index is 13.3. The number of hydrogen-bond donors (Lipinski definition) is 0. The third-order valence-corrected chi connectivity index (χ3v) is 4.76. The summed E-state index contributed by atoms with van der Waals surface area (Å²) in [4.78, 5) is 21.9. The lowest BCUT2D eigenvalue weighted by atomic mass is 9.85. The third kappa shape index (κ3) is 4.28. The fourth-order valence-corrected chi connectivity index (χ4v) is 3.42. The van der Waals surface area contributed by atoms with Crippen molar-refractivity contribution in [3.05, 3.63) is 53.2 Å². The van der Waals surface area contributed by atoms with E-state index in [-0.39, 0.29) is 11.8 Å². The summed E-state index contributed by atoms with van der Waals surface area (Å²) in [7, 11) is 4.05. The second kappa shape index (κ2) is 7.83. The molecule has 25 heavy (non-hydrogen) atoms. The van der Waals surface area contributed by atoms with Gasteiger partial charge in [0, 0.05) is 19.3 Å². The van der Waals surface area contributed by atoms with Crippen LogP contribution < -0.4 is 0 Å². The van der Waals surface area contributed by atoms with E-state index < -0.39 is 0 Å². The maximum absolute atomic E-state index is 13.3. The highest BCUT2D eigenvalue weighted by molar-refractivity contribution is 5.84. The molecule has 5 heteroatoms. The zero-order chi connectivity index (χ0) is 17.8. The fraction of sp³-hybridized carbons (Fsp3) is 0.500. The Morgan fingerprint density at radius 3 is 2.84 bits per heavy atom. The molecule has 0 saturated carbocycles. The first-order valence-corrected chi connectivity index (χ1v) is 8.97. The molecule has 0 saturated heterocycles. The molecule has 2 heterocycles. The van der Waals surface area contributed by atoms with E-state index in [0.29, 0.717) is 13.1 Å². The number of carbonyl (C=O) groups is 1. The molecule has 0 aliphatic heterocycles. The van der Waals surface area contributed by atoms with E-state index in [9.17, 15) is 4.79 Å². The van der Waals surface area contributed by atoms with Gasteiger partial charge in [-0.3, -0.25) is 9.78 Å². The topological polar surface area (TPSA) is 49.6 Å². The molecule has 0 radical (unpaired) electrons. The van der Waals surface area contributed by atoms with E-state index in [2.05, 4.69) is 16.0 Å². The number of carbonyl (C=O) groups excluding carboxylic acids is 1. The summed E-state index contributed by atoms with van der Waals surface area (Å²) in [6.07, 6.45) is 4.72. The number of hydrogen-bond acceptors (Lipinski definition) is 4. The zero-order valence-electron chi connectivity index (χ0n) is 15.4.